The lowest BCUT2D eigenvalue weighted by atomic mass is 10.2. The predicted molar refractivity (Wildman–Crippen MR) is 96.0 cm³/mol. The highest BCUT2D eigenvalue weighted by Gasteiger charge is 2.16. The standard InChI is InChI=1S/C14H16ClN5O2S2/c15-9-3-4-11(16-6-9)18-12(21)8-23-14-20-19-13(24-14)17-7-10-2-1-5-22-10/h3-4,6,10H,1-2,5,7-8H2,(H,17,19)(H,16,18,21). The summed E-state index contributed by atoms with van der Waals surface area (Å²) in [6.45, 7) is 1.57. The first kappa shape index (κ1) is 17.4. The molecule has 3 rings (SSSR count). The molecule has 0 aliphatic carbocycles. The third kappa shape index (κ3) is 5.30. The molecule has 1 atom stereocenters. The van der Waals surface area contributed by atoms with Gasteiger partial charge in [-0.3, -0.25) is 4.79 Å². The summed E-state index contributed by atoms with van der Waals surface area (Å²) in [5.74, 6) is 0.560. The molecule has 0 saturated carbocycles. The number of nitrogens with zero attached hydrogens (tertiary/aromatic N) is 3. The van der Waals surface area contributed by atoms with Crippen LogP contribution in [0.4, 0.5) is 10.9 Å². The summed E-state index contributed by atoms with van der Waals surface area (Å²) in [5, 5.41) is 15.3. The second-order valence-electron chi connectivity index (χ2n) is 5.09. The number of halogens is 1. The Morgan fingerprint density at radius 2 is 2.38 bits per heavy atom. The Bertz CT molecular complexity index is 676. The van der Waals surface area contributed by atoms with Gasteiger partial charge in [-0.15, -0.1) is 10.2 Å². The first-order valence-electron chi connectivity index (χ1n) is 7.42. The normalized spacial score (nSPS) is 17.0. The van der Waals surface area contributed by atoms with Gasteiger partial charge < -0.3 is 15.4 Å². The maximum absolute atomic E-state index is 11.9. The summed E-state index contributed by atoms with van der Waals surface area (Å²) in [6, 6.07) is 3.33. The van der Waals surface area contributed by atoms with E-state index in [1.165, 1.54) is 29.3 Å². The molecule has 128 valence electrons. The van der Waals surface area contributed by atoms with E-state index in [0.29, 0.717) is 10.8 Å². The van der Waals surface area contributed by atoms with Crippen molar-refractivity contribution in [3.05, 3.63) is 23.4 Å². The SMILES string of the molecule is O=C(CSc1nnc(NCC2CCCO2)s1)Nc1ccc(Cl)cn1. The molecule has 7 nitrogen and oxygen atoms in total. The summed E-state index contributed by atoms with van der Waals surface area (Å²) in [6.07, 6.45) is 3.93. The second kappa shape index (κ2) is 8.61. The quantitative estimate of drug-likeness (QED) is 0.708. The monoisotopic (exact) mass is 385 g/mol. The Kier molecular flexibility index (Phi) is 6.24. The lowest BCUT2D eigenvalue weighted by Gasteiger charge is -2.08. The average Bonchev–Trinajstić information content (AvgIpc) is 3.25. The highest BCUT2D eigenvalue weighted by molar-refractivity contribution is 8.01. The number of amides is 1. The molecule has 2 N–H and O–H groups in total. The van der Waals surface area contributed by atoms with Crippen LogP contribution in [-0.4, -0.2) is 46.1 Å². The minimum atomic E-state index is -0.154. The third-order valence-corrected chi connectivity index (χ3v) is 5.47. The van der Waals surface area contributed by atoms with Crippen molar-refractivity contribution >= 4 is 51.6 Å². The Balaban J connectivity index is 1.41. The molecule has 0 bridgehead atoms. The number of carbonyl (C=O) groups is 1. The molecular weight excluding hydrogens is 370 g/mol. The van der Waals surface area contributed by atoms with Gasteiger partial charge in [0, 0.05) is 19.3 Å². The molecule has 10 heteroatoms. The maximum atomic E-state index is 11.9. The van der Waals surface area contributed by atoms with E-state index in [1.54, 1.807) is 12.1 Å². The van der Waals surface area contributed by atoms with Crippen molar-refractivity contribution < 1.29 is 9.53 Å². The van der Waals surface area contributed by atoms with Crippen LogP contribution in [-0.2, 0) is 9.53 Å². The minimum absolute atomic E-state index is 0.154. The van der Waals surface area contributed by atoms with E-state index in [2.05, 4.69) is 25.8 Å². The molecule has 1 amide bonds. The zero-order valence-corrected chi connectivity index (χ0v) is 15.1. The first-order chi connectivity index (χ1) is 11.7. The van der Waals surface area contributed by atoms with E-state index in [-0.39, 0.29) is 17.8 Å². The van der Waals surface area contributed by atoms with Crippen molar-refractivity contribution in [1.29, 1.82) is 0 Å². The van der Waals surface area contributed by atoms with Gasteiger partial charge in [-0.25, -0.2) is 4.98 Å². The summed E-state index contributed by atoms with van der Waals surface area (Å²) in [7, 11) is 0. The van der Waals surface area contributed by atoms with E-state index >= 15 is 0 Å². The van der Waals surface area contributed by atoms with Crippen molar-refractivity contribution in [1.82, 2.24) is 15.2 Å². The first-order valence-corrected chi connectivity index (χ1v) is 9.60. The molecule has 2 aromatic rings. The predicted octanol–water partition coefficient (Wildman–Crippen LogP) is 2.91. The van der Waals surface area contributed by atoms with Crippen molar-refractivity contribution in [3.8, 4) is 0 Å². The zero-order chi connectivity index (χ0) is 16.8. The van der Waals surface area contributed by atoms with Gasteiger partial charge in [0.05, 0.1) is 16.9 Å². The number of nitrogens with one attached hydrogen (secondary N) is 2. The number of pyridine rings is 1. The number of hydrogen-bond donors (Lipinski definition) is 2. The molecule has 1 aliphatic rings. The number of rotatable bonds is 7. The Labute approximate surface area is 152 Å². The maximum Gasteiger partial charge on any atom is 0.235 e. The number of anilines is 2. The molecule has 0 radical (unpaired) electrons. The van der Waals surface area contributed by atoms with Gasteiger partial charge in [0.2, 0.25) is 11.0 Å². The Hall–Kier alpha value is -1.42. The molecule has 3 heterocycles. The van der Waals surface area contributed by atoms with E-state index in [0.717, 1.165) is 35.5 Å². The molecule has 1 fully saturated rings. The number of carbonyl (C=O) groups excluding carboxylic acids is 1. The fourth-order valence-corrected chi connectivity index (χ4v) is 3.77. The smallest absolute Gasteiger partial charge is 0.235 e. The lowest BCUT2D eigenvalue weighted by molar-refractivity contribution is -0.113. The van der Waals surface area contributed by atoms with Crippen LogP contribution in [0.25, 0.3) is 0 Å². The topological polar surface area (TPSA) is 89.0 Å². The average molecular weight is 386 g/mol. The lowest BCUT2D eigenvalue weighted by Crippen LogP contribution is -2.18. The highest BCUT2D eigenvalue weighted by atomic mass is 35.5. The molecule has 0 spiro atoms. The summed E-state index contributed by atoms with van der Waals surface area (Å²) in [5.41, 5.74) is 0. The van der Waals surface area contributed by atoms with Gasteiger partial charge in [0.25, 0.3) is 0 Å². The number of thioether (sulfide) groups is 1. The summed E-state index contributed by atoms with van der Waals surface area (Å²) >= 11 is 8.52. The van der Waals surface area contributed by atoms with E-state index < -0.39 is 0 Å². The van der Waals surface area contributed by atoms with Gasteiger partial charge in [0.15, 0.2) is 4.34 Å². The summed E-state index contributed by atoms with van der Waals surface area (Å²) < 4.78 is 6.29. The largest absolute Gasteiger partial charge is 0.376 e. The van der Waals surface area contributed by atoms with Crippen LogP contribution in [0.3, 0.4) is 0 Å². The van der Waals surface area contributed by atoms with Crippen LogP contribution in [0, 0.1) is 0 Å². The van der Waals surface area contributed by atoms with Crippen molar-refractivity contribution in [3.63, 3.8) is 0 Å². The fraction of sp³-hybridized carbons (Fsp3) is 0.429. The van der Waals surface area contributed by atoms with E-state index in [9.17, 15) is 4.79 Å². The third-order valence-electron chi connectivity index (χ3n) is 3.23. The number of ether oxygens (including phenoxy) is 1. The molecule has 24 heavy (non-hydrogen) atoms. The minimum Gasteiger partial charge on any atom is -0.376 e. The fourth-order valence-electron chi connectivity index (χ4n) is 2.10. The highest BCUT2D eigenvalue weighted by Crippen LogP contribution is 2.26. The van der Waals surface area contributed by atoms with Crippen LogP contribution in [0.15, 0.2) is 22.7 Å². The van der Waals surface area contributed by atoms with Crippen LogP contribution in [0.5, 0.6) is 0 Å². The number of hydrogen-bond acceptors (Lipinski definition) is 8. The van der Waals surface area contributed by atoms with E-state index in [4.69, 9.17) is 16.3 Å². The van der Waals surface area contributed by atoms with Gasteiger partial charge in [0.1, 0.15) is 5.82 Å². The number of aromatic nitrogens is 3. The van der Waals surface area contributed by atoms with Crippen molar-refractivity contribution in [2.45, 2.75) is 23.3 Å². The summed E-state index contributed by atoms with van der Waals surface area (Å²) in [4.78, 5) is 15.9. The van der Waals surface area contributed by atoms with E-state index in [1.807, 2.05) is 0 Å². The van der Waals surface area contributed by atoms with Gasteiger partial charge >= 0.3 is 0 Å². The van der Waals surface area contributed by atoms with Gasteiger partial charge in [-0.05, 0) is 25.0 Å². The van der Waals surface area contributed by atoms with Crippen LogP contribution < -0.4 is 10.6 Å². The second-order valence-corrected chi connectivity index (χ2v) is 7.72. The Morgan fingerprint density at radius 1 is 1.46 bits per heavy atom. The van der Waals surface area contributed by atoms with Crippen molar-refractivity contribution in [2.75, 3.05) is 29.5 Å². The molecule has 1 aliphatic heterocycles. The Morgan fingerprint density at radius 3 is 3.12 bits per heavy atom. The van der Waals surface area contributed by atoms with Gasteiger partial charge in [-0.2, -0.15) is 0 Å². The van der Waals surface area contributed by atoms with Crippen molar-refractivity contribution in [2.24, 2.45) is 0 Å². The molecule has 1 saturated heterocycles. The van der Waals surface area contributed by atoms with Crippen LogP contribution in [0.2, 0.25) is 5.02 Å². The zero-order valence-electron chi connectivity index (χ0n) is 12.7. The van der Waals surface area contributed by atoms with Crippen LogP contribution in [0.1, 0.15) is 12.8 Å². The molecule has 1 unspecified atom stereocenters. The molecule has 0 aromatic carbocycles. The van der Waals surface area contributed by atoms with Crippen LogP contribution >= 0.6 is 34.7 Å². The van der Waals surface area contributed by atoms with Gasteiger partial charge in [-0.1, -0.05) is 34.7 Å². The molecule has 2 aromatic heterocycles. The molecular formula is C14H16ClN5O2S2.